The molecular weight excluding hydrogens is 350 g/mol. The zero-order valence-corrected chi connectivity index (χ0v) is 14.5. The third kappa shape index (κ3) is 3.02. The topological polar surface area (TPSA) is 81.4 Å². The van der Waals surface area contributed by atoms with Crippen LogP contribution in [0.25, 0.3) is 0 Å². The Balaban J connectivity index is 2.47. The minimum atomic E-state index is -4.02. The van der Waals surface area contributed by atoms with Crippen molar-refractivity contribution in [3.63, 3.8) is 0 Å². The number of hydrogen-bond acceptors (Lipinski definition) is 5. The highest BCUT2D eigenvalue weighted by Crippen LogP contribution is 2.23. The summed E-state index contributed by atoms with van der Waals surface area (Å²) in [6, 6.07) is 3.39. The van der Waals surface area contributed by atoms with Crippen molar-refractivity contribution in [2.24, 2.45) is 14.1 Å². The number of nitrogens with zero attached hydrogens (tertiary/aromatic N) is 3. The standard InChI is InChI=1S/C12H14ClN3O4S2/c1-14-7-9(11(17)16(3)12(14)18)22(19,20)15(2)6-8-4-5-10(13)21-8/h4-5,7H,6H2,1-3H3. The van der Waals surface area contributed by atoms with Crippen LogP contribution in [0.4, 0.5) is 0 Å². The third-order valence-corrected chi connectivity index (χ3v) is 6.11. The lowest BCUT2D eigenvalue weighted by molar-refractivity contribution is 0.465. The molecule has 0 saturated heterocycles. The molecule has 0 aromatic carbocycles. The van der Waals surface area contributed by atoms with E-state index in [0.29, 0.717) is 4.34 Å². The molecule has 2 rings (SSSR count). The predicted molar refractivity (Wildman–Crippen MR) is 84.9 cm³/mol. The fourth-order valence-electron chi connectivity index (χ4n) is 1.86. The van der Waals surface area contributed by atoms with Gasteiger partial charge in [-0.05, 0) is 12.1 Å². The highest BCUT2D eigenvalue weighted by Gasteiger charge is 2.26. The quantitative estimate of drug-likeness (QED) is 0.797. The highest BCUT2D eigenvalue weighted by atomic mass is 35.5. The Bertz CT molecular complexity index is 927. The molecule has 0 aliphatic carbocycles. The Morgan fingerprint density at radius 3 is 2.45 bits per heavy atom. The largest absolute Gasteiger partial charge is 0.330 e. The number of hydrogen-bond donors (Lipinski definition) is 0. The van der Waals surface area contributed by atoms with Crippen molar-refractivity contribution < 1.29 is 8.42 Å². The fourth-order valence-corrected chi connectivity index (χ4v) is 4.38. The zero-order chi connectivity index (χ0) is 16.7. The van der Waals surface area contributed by atoms with Gasteiger partial charge in [0, 0.05) is 38.8 Å². The van der Waals surface area contributed by atoms with Crippen molar-refractivity contribution in [3.05, 3.63) is 48.4 Å². The van der Waals surface area contributed by atoms with Crippen LogP contribution in [0.15, 0.2) is 32.8 Å². The second-order valence-electron chi connectivity index (χ2n) is 4.72. The number of halogens is 1. The fraction of sp³-hybridized carbons (Fsp3) is 0.333. The van der Waals surface area contributed by atoms with Crippen LogP contribution >= 0.6 is 22.9 Å². The molecule has 0 spiro atoms. The van der Waals surface area contributed by atoms with Crippen LogP contribution < -0.4 is 11.2 Å². The molecule has 2 heterocycles. The number of aryl methyl sites for hydroxylation is 1. The number of rotatable bonds is 4. The van der Waals surface area contributed by atoms with Crippen LogP contribution in [0.1, 0.15) is 4.88 Å². The smallest absolute Gasteiger partial charge is 0.302 e. The maximum Gasteiger partial charge on any atom is 0.330 e. The second-order valence-corrected chi connectivity index (χ2v) is 8.53. The molecule has 2 aromatic rings. The van der Waals surface area contributed by atoms with Gasteiger partial charge in [0.1, 0.15) is 0 Å². The molecule has 0 fully saturated rings. The van der Waals surface area contributed by atoms with E-state index >= 15 is 0 Å². The van der Waals surface area contributed by atoms with Gasteiger partial charge in [-0.1, -0.05) is 11.6 Å². The molecule has 22 heavy (non-hydrogen) atoms. The highest BCUT2D eigenvalue weighted by molar-refractivity contribution is 7.89. The van der Waals surface area contributed by atoms with Gasteiger partial charge in [-0.15, -0.1) is 11.3 Å². The van der Waals surface area contributed by atoms with Crippen LogP contribution in [-0.4, -0.2) is 28.9 Å². The van der Waals surface area contributed by atoms with Crippen molar-refractivity contribution >= 4 is 33.0 Å². The van der Waals surface area contributed by atoms with Gasteiger partial charge in [-0.3, -0.25) is 9.36 Å². The lowest BCUT2D eigenvalue weighted by Gasteiger charge is -2.16. The summed E-state index contributed by atoms with van der Waals surface area (Å²) in [4.78, 5) is 24.0. The molecule has 0 bridgehead atoms. The Morgan fingerprint density at radius 1 is 1.27 bits per heavy atom. The van der Waals surface area contributed by atoms with E-state index in [0.717, 1.165) is 24.5 Å². The van der Waals surface area contributed by atoms with E-state index in [4.69, 9.17) is 11.6 Å². The first kappa shape index (κ1) is 16.9. The van der Waals surface area contributed by atoms with Crippen LogP contribution in [0.5, 0.6) is 0 Å². The van der Waals surface area contributed by atoms with Crippen molar-refractivity contribution in [2.75, 3.05) is 7.05 Å². The normalized spacial score (nSPS) is 12.0. The van der Waals surface area contributed by atoms with Gasteiger partial charge >= 0.3 is 5.69 Å². The average molecular weight is 364 g/mol. The Labute approximate surface area is 136 Å². The van der Waals surface area contributed by atoms with E-state index in [1.165, 1.54) is 32.5 Å². The zero-order valence-electron chi connectivity index (χ0n) is 12.1. The summed E-state index contributed by atoms with van der Waals surface area (Å²) in [7, 11) is -0.0204. The van der Waals surface area contributed by atoms with Gasteiger partial charge in [0.2, 0.25) is 10.0 Å². The van der Waals surface area contributed by atoms with Crippen molar-refractivity contribution in [1.29, 1.82) is 0 Å². The number of sulfonamides is 1. The van der Waals surface area contributed by atoms with Gasteiger partial charge in [-0.25, -0.2) is 13.2 Å². The van der Waals surface area contributed by atoms with Crippen LogP contribution in [0.3, 0.4) is 0 Å². The van der Waals surface area contributed by atoms with E-state index in [1.54, 1.807) is 12.1 Å². The molecule has 0 radical (unpaired) electrons. The molecule has 0 saturated carbocycles. The van der Waals surface area contributed by atoms with E-state index in [9.17, 15) is 18.0 Å². The molecule has 0 aliphatic rings. The van der Waals surface area contributed by atoms with E-state index in [2.05, 4.69) is 0 Å². The Kier molecular flexibility index (Phi) is 4.62. The summed E-state index contributed by atoms with van der Waals surface area (Å²) in [5.74, 6) is 0. The minimum absolute atomic E-state index is 0.0890. The molecule has 0 aliphatic heterocycles. The number of thiophene rings is 1. The molecule has 0 unspecified atom stereocenters. The molecule has 7 nitrogen and oxygen atoms in total. The van der Waals surface area contributed by atoms with Gasteiger partial charge in [0.25, 0.3) is 5.56 Å². The lowest BCUT2D eigenvalue weighted by atomic mass is 10.5. The summed E-state index contributed by atoms with van der Waals surface area (Å²) in [6.07, 6.45) is 1.04. The van der Waals surface area contributed by atoms with Crippen molar-refractivity contribution in [3.8, 4) is 0 Å². The molecule has 0 amide bonds. The second kappa shape index (κ2) is 5.99. The molecular formula is C12H14ClN3O4S2. The number of aromatic nitrogens is 2. The lowest BCUT2D eigenvalue weighted by Crippen LogP contribution is -2.41. The van der Waals surface area contributed by atoms with Gasteiger partial charge in [-0.2, -0.15) is 4.31 Å². The van der Waals surface area contributed by atoms with Gasteiger partial charge in [0.05, 0.1) is 4.34 Å². The van der Waals surface area contributed by atoms with E-state index < -0.39 is 26.2 Å². The Morgan fingerprint density at radius 2 is 1.91 bits per heavy atom. The summed E-state index contributed by atoms with van der Waals surface area (Å²) >= 11 is 7.08. The summed E-state index contributed by atoms with van der Waals surface area (Å²) in [5, 5.41) is 0. The van der Waals surface area contributed by atoms with E-state index in [1.807, 2.05) is 0 Å². The van der Waals surface area contributed by atoms with E-state index in [-0.39, 0.29) is 6.54 Å². The predicted octanol–water partition coefficient (Wildman–Crippen LogP) is 0.620. The SMILES string of the molecule is CN(Cc1ccc(Cl)s1)S(=O)(=O)c1cn(C)c(=O)n(C)c1=O. The van der Waals surface area contributed by atoms with Crippen molar-refractivity contribution in [2.45, 2.75) is 11.4 Å². The first-order chi connectivity index (χ1) is 10.1. The summed E-state index contributed by atoms with van der Waals surface area (Å²) < 4.78 is 28.5. The molecule has 0 N–H and O–H groups in total. The minimum Gasteiger partial charge on any atom is -0.302 e. The summed E-state index contributed by atoms with van der Waals surface area (Å²) in [6.45, 7) is 0.0890. The third-order valence-electron chi connectivity index (χ3n) is 3.11. The van der Waals surface area contributed by atoms with Crippen LogP contribution in [-0.2, 0) is 30.7 Å². The Hall–Kier alpha value is -1.42. The van der Waals surface area contributed by atoms with Crippen molar-refractivity contribution in [1.82, 2.24) is 13.4 Å². The van der Waals surface area contributed by atoms with Gasteiger partial charge in [0.15, 0.2) is 4.90 Å². The maximum atomic E-state index is 12.5. The van der Waals surface area contributed by atoms with Crippen LogP contribution in [0, 0.1) is 0 Å². The monoisotopic (exact) mass is 363 g/mol. The first-order valence-electron chi connectivity index (χ1n) is 6.12. The van der Waals surface area contributed by atoms with Gasteiger partial charge < -0.3 is 4.57 Å². The molecule has 2 aromatic heterocycles. The molecule has 120 valence electrons. The first-order valence-corrected chi connectivity index (χ1v) is 8.75. The van der Waals surface area contributed by atoms with Crippen LogP contribution in [0.2, 0.25) is 4.34 Å². The molecule has 0 atom stereocenters. The average Bonchev–Trinajstić information content (AvgIpc) is 2.85. The summed E-state index contributed by atoms with van der Waals surface area (Å²) in [5.41, 5.74) is -1.43. The molecule has 10 heteroatoms. The maximum absolute atomic E-state index is 12.5.